The number of likely N-dealkylation sites (tertiary alicyclic amines) is 1. The molecule has 0 aliphatic carbocycles. The number of ether oxygens (including phenoxy) is 2. The van der Waals surface area contributed by atoms with E-state index in [9.17, 15) is 14.4 Å². The molecule has 2 N–H and O–H groups in total. The Kier molecular flexibility index (Phi) is 6.36. The average molecular weight is 443 g/mol. The molecular formula is C23H30N4O5. The molecular weight excluding hydrogens is 412 g/mol. The smallest absolute Gasteiger partial charge is 0.257 e. The number of likely N-dealkylation sites (N-methyl/N-ethyl adjacent to an activating group) is 1. The molecule has 1 aromatic heterocycles. The predicted octanol–water partition coefficient (Wildman–Crippen LogP) is 1.47. The lowest BCUT2D eigenvalue weighted by Gasteiger charge is -2.24. The number of hydrogen-bond acceptors (Lipinski definition) is 6. The van der Waals surface area contributed by atoms with Crippen molar-refractivity contribution in [2.24, 2.45) is 0 Å². The predicted molar refractivity (Wildman–Crippen MR) is 120 cm³/mol. The lowest BCUT2D eigenvalue weighted by molar-refractivity contribution is -0.122. The molecule has 9 nitrogen and oxygen atoms in total. The number of amides is 2. The third kappa shape index (κ3) is 4.17. The summed E-state index contributed by atoms with van der Waals surface area (Å²) < 4.78 is 12.6. The van der Waals surface area contributed by atoms with Gasteiger partial charge in [-0.3, -0.25) is 19.3 Å². The molecule has 2 aliphatic rings. The summed E-state index contributed by atoms with van der Waals surface area (Å²) in [5.74, 6) is 0.220. The number of carbonyl (C=O) groups excluding carboxylic acids is 2. The van der Waals surface area contributed by atoms with E-state index in [1.54, 1.807) is 19.1 Å². The number of pyridine rings is 1. The summed E-state index contributed by atoms with van der Waals surface area (Å²) in [5, 5.41) is 5.98. The first-order valence-electron chi connectivity index (χ1n) is 11.2. The molecule has 1 saturated heterocycles. The van der Waals surface area contributed by atoms with Crippen LogP contribution in [0.2, 0.25) is 0 Å². The van der Waals surface area contributed by atoms with Crippen LogP contribution in [0.1, 0.15) is 44.0 Å². The van der Waals surface area contributed by atoms with Crippen LogP contribution >= 0.6 is 0 Å². The van der Waals surface area contributed by atoms with Gasteiger partial charge in [0.15, 0.2) is 11.5 Å². The summed E-state index contributed by atoms with van der Waals surface area (Å²) >= 11 is 0. The maximum atomic E-state index is 13.1. The Morgan fingerprint density at radius 3 is 2.66 bits per heavy atom. The van der Waals surface area contributed by atoms with Crippen LogP contribution < -0.4 is 25.5 Å². The fourth-order valence-corrected chi connectivity index (χ4v) is 4.46. The summed E-state index contributed by atoms with van der Waals surface area (Å²) in [7, 11) is 0. The summed E-state index contributed by atoms with van der Waals surface area (Å²) in [6, 6.07) is 2.93. The number of carbonyl (C=O) groups is 2. The highest BCUT2D eigenvalue weighted by Crippen LogP contribution is 2.35. The molecule has 2 atom stereocenters. The third-order valence-corrected chi connectivity index (χ3v) is 6.32. The van der Waals surface area contributed by atoms with Crippen LogP contribution in [0.4, 0.5) is 0 Å². The van der Waals surface area contributed by atoms with Crippen molar-refractivity contribution in [1.82, 2.24) is 20.1 Å². The van der Waals surface area contributed by atoms with Gasteiger partial charge in [-0.25, -0.2) is 0 Å². The molecule has 32 heavy (non-hydrogen) atoms. The number of hydrogen-bond donors (Lipinski definition) is 2. The van der Waals surface area contributed by atoms with Crippen molar-refractivity contribution < 1.29 is 19.1 Å². The molecule has 1 aromatic carbocycles. The molecule has 2 aromatic rings. The fraction of sp³-hybridized carbons (Fsp3) is 0.522. The number of nitrogens with one attached hydrogen (secondary N) is 2. The molecule has 3 heterocycles. The van der Waals surface area contributed by atoms with E-state index in [1.807, 2.05) is 11.5 Å². The molecule has 1 unspecified atom stereocenters. The number of benzene rings is 1. The first kappa shape index (κ1) is 22.1. The number of aryl methyl sites for hydroxylation is 1. The summed E-state index contributed by atoms with van der Waals surface area (Å²) in [5.41, 5.74) is 0.254. The summed E-state index contributed by atoms with van der Waals surface area (Å²) in [6.07, 6.45) is 3.72. The molecule has 1 fully saturated rings. The van der Waals surface area contributed by atoms with Crippen LogP contribution in [0.3, 0.4) is 0 Å². The lowest BCUT2D eigenvalue weighted by atomic mass is 10.1. The van der Waals surface area contributed by atoms with E-state index in [-0.39, 0.29) is 18.3 Å². The van der Waals surface area contributed by atoms with Crippen molar-refractivity contribution in [2.75, 3.05) is 26.4 Å². The topological polar surface area (TPSA) is 102 Å². The highest BCUT2D eigenvalue weighted by molar-refractivity contribution is 6.00. The first-order chi connectivity index (χ1) is 15.4. The Morgan fingerprint density at radius 1 is 1.19 bits per heavy atom. The number of nitrogens with zero attached hydrogens (tertiary/aromatic N) is 2. The van der Waals surface area contributed by atoms with Crippen LogP contribution in [0, 0.1) is 0 Å². The third-order valence-electron chi connectivity index (χ3n) is 6.32. The molecule has 2 aliphatic heterocycles. The van der Waals surface area contributed by atoms with Gasteiger partial charge < -0.3 is 24.7 Å². The molecule has 0 bridgehead atoms. The van der Waals surface area contributed by atoms with Gasteiger partial charge in [-0.05, 0) is 45.8 Å². The number of fused-ring (bicyclic) bond motifs is 2. The van der Waals surface area contributed by atoms with E-state index in [0.29, 0.717) is 41.5 Å². The van der Waals surface area contributed by atoms with E-state index in [1.165, 1.54) is 6.20 Å². The Labute approximate surface area is 186 Å². The standard InChI is InChI=1S/C23H30N4O5/c1-4-26-8-6-7-15(26)11-24-22(29)14(3)25-23(30)17-12-27(5-2)18-10-20-19(31-13-32-20)9-16(18)21(17)28/h9-10,12,14-15H,4-8,11,13H2,1-3H3,(H,24,29)(H,25,30)/t14-,15?/m1/s1. The highest BCUT2D eigenvalue weighted by atomic mass is 16.7. The van der Waals surface area contributed by atoms with Crippen LogP contribution in [0.5, 0.6) is 11.5 Å². The normalized spacial score (nSPS) is 18.7. The van der Waals surface area contributed by atoms with Crippen molar-refractivity contribution in [1.29, 1.82) is 0 Å². The van der Waals surface area contributed by atoms with Gasteiger partial charge in [0.25, 0.3) is 5.91 Å². The zero-order chi connectivity index (χ0) is 22.8. The Hall–Kier alpha value is -3.07. The second kappa shape index (κ2) is 9.20. The van der Waals surface area contributed by atoms with Crippen LogP contribution in [-0.2, 0) is 11.3 Å². The van der Waals surface area contributed by atoms with Crippen molar-refractivity contribution in [3.05, 3.63) is 34.1 Å². The van der Waals surface area contributed by atoms with Gasteiger partial charge in [0.2, 0.25) is 18.1 Å². The van der Waals surface area contributed by atoms with Gasteiger partial charge >= 0.3 is 0 Å². The van der Waals surface area contributed by atoms with Crippen molar-refractivity contribution in [2.45, 2.75) is 52.2 Å². The maximum Gasteiger partial charge on any atom is 0.257 e. The minimum atomic E-state index is -0.763. The first-order valence-corrected chi connectivity index (χ1v) is 11.2. The van der Waals surface area contributed by atoms with Crippen LogP contribution in [-0.4, -0.2) is 59.8 Å². The maximum absolute atomic E-state index is 13.1. The van der Waals surface area contributed by atoms with E-state index in [4.69, 9.17) is 9.47 Å². The van der Waals surface area contributed by atoms with Gasteiger partial charge in [0.1, 0.15) is 11.6 Å². The van der Waals surface area contributed by atoms with Gasteiger partial charge in [0, 0.05) is 31.4 Å². The van der Waals surface area contributed by atoms with Crippen LogP contribution in [0.15, 0.2) is 23.1 Å². The zero-order valence-electron chi connectivity index (χ0n) is 18.8. The largest absolute Gasteiger partial charge is 0.454 e. The fourth-order valence-electron chi connectivity index (χ4n) is 4.46. The summed E-state index contributed by atoms with van der Waals surface area (Å²) in [4.78, 5) is 40.9. The van der Waals surface area contributed by atoms with Crippen molar-refractivity contribution in [3.8, 4) is 11.5 Å². The average Bonchev–Trinajstić information content (AvgIpc) is 3.45. The molecule has 0 radical (unpaired) electrons. The van der Waals surface area contributed by atoms with E-state index in [0.717, 1.165) is 25.9 Å². The Morgan fingerprint density at radius 2 is 1.94 bits per heavy atom. The molecule has 9 heteroatoms. The monoisotopic (exact) mass is 442 g/mol. The van der Waals surface area contributed by atoms with Gasteiger partial charge in [-0.1, -0.05) is 6.92 Å². The molecule has 0 saturated carbocycles. The number of rotatable bonds is 7. The van der Waals surface area contributed by atoms with Gasteiger partial charge in [-0.15, -0.1) is 0 Å². The quantitative estimate of drug-likeness (QED) is 0.673. The van der Waals surface area contributed by atoms with Gasteiger partial charge in [0.05, 0.1) is 10.9 Å². The zero-order valence-corrected chi connectivity index (χ0v) is 18.8. The Bertz CT molecular complexity index is 1100. The molecule has 4 rings (SSSR count). The molecule has 0 spiro atoms. The minimum Gasteiger partial charge on any atom is -0.454 e. The van der Waals surface area contributed by atoms with Crippen molar-refractivity contribution >= 4 is 22.7 Å². The van der Waals surface area contributed by atoms with Crippen molar-refractivity contribution in [3.63, 3.8) is 0 Å². The van der Waals surface area contributed by atoms with E-state index < -0.39 is 17.4 Å². The number of aromatic nitrogens is 1. The molecule has 172 valence electrons. The minimum absolute atomic E-state index is 0.00850. The van der Waals surface area contributed by atoms with E-state index >= 15 is 0 Å². The van der Waals surface area contributed by atoms with E-state index in [2.05, 4.69) is 22.5 Å². The van der Waals surface area contributed by atoms with Crippen LogP contribution in [0.25, 0.3) is 10.9 Å². The Balaban J connectivity index is 1.49. The summed E-state index contributed by atoms with van der Waals surface area (Å²) in [6.45, 7) is 8.88. The second-order valence-corrected chi connectivity index (χ2v) is 8.25. The second-order valence-electron chi connectivity index (χ2n) is 8.25. The SMILES string of the molecule is CCN1CCCC1CNC(=O)[C@@H](C)NC(=O)c1cn(CC)c2cc3c(cc2c1=O)OCO3. The van der Waals surface area contributed by atoms with Gasteiger partial charge in [-0.2, -0.15) is 0 Å². The highest BCUT2D eigenvalue weighted by Gasteiger charge is 2.26. The molecule has 2 amide bonds. The lowest BCUT2D eigenvalue weighted by Crippen LogP contribution is -2.49.